The molecule has 0 unspecified atom stereocenters. The van der Waals surface area contributed by atoms with Crippen molar-refractivity contribution in [3.05, 3.63) is 71.4 Å². The summed E-state index contributed by atoms with van der Waals surface area (Å²) in [5, 5.41) is 4.11. The molecule has 0 aliphatic rings. The maximum Gasteiger partial charge on any atom is 0.220 e. The Morgan fingerprint density at radius 1 is 1.08 bits per heavy atom. The molecule has 0 bridgehead atoms. The summed E-state index contributed by atoms with van der Waals surface area (Å²) in [6, 6.07) is 16.9. The van der Waals surface area contributed by atoms with Gasteiger partial charge >= 0.3 is 0 Å². The zero-order valence-corrected chi connectivity index (χ0v) is 15.5. The molecule has 0 aliphatic heterocycles. The third-order valence-corrected chi connectivity index (χ3v) is 4.72. The summed E-state index contributed by atoms with van der Waals surface area (Å²) in [4.78, 5) is 12.0. The van der Waals surface area contributed by atoms with Crippen LogP contribution in [0.25, 0.3) is 10.9 Å². The molecule has 1 N–H and O–H groups in total. The molecule has 0 aliphatic carbocycles. The van der Waals surface area contributed by atoms with Crippen molar-refractivity contribution < 1.29 is 9.53 Å². The number of aromatic nitrogens is 1. The van der Waals surface area contributed by atoms with Crippen LogP contribution in [-0.4, -0.2) is 30.7 Å². The molecular weight excluding hydrogens is 324 g/mol. The highest BCUT2D eigenvalue weighted by molar-refractivity contribution is 5.85. The van der Waals surface area contributed by atoms with Gasteiger partial charge in [0.2, 0.25) is 5.91 Å². The summed E-state index contributed by atoms with van der Waals surface area (Å²) in [6.45, 7) is 4.09. The van der Waals surface area contributed by atoms with Crippen molar-refractivity contribution in [2.24, 2.45) is 0 Å². The van der Waals surface area contributed by atoms with Crippen LogP contribution in [0, 0.1) is 6.92 Å². The molecule has 136 valence electrons. The van der Waals surface area contributed by atoms with Crippen molar-refractivity contribution in [1.82, 2.24) is 9.88 Å². The smallest absolute Gasteiger partial charge is 0.220 e. The zero-order valence-electron chi connectivity index (χ0n) is 15.5. The highest BCUT2D eigenvalue weighted by atomic mass is 16.5. The van der Waals surface area contributed by atoms with Gasteiger partial charge in [0.05, 0.1) is 6.61 Å². The van der Waals surface area contributed by atoms with Crippen LogP contribution in [-0.2, 0) is 22.5 Å². The van der Waals surface area contributed by atoms with Gasteiger partial charge in [-0.1, -0.05) is 42.5 Å². The number of hydrogen-bond donors (Lipinski definition) is 1. The number of carbonyl (C=O) groups is 1. The molecule has 4 heteroatoms. The van der Waals surface area contributed by atoms with E-state index in [9.17, 15) is 4.79 Å². The van der Waals surface area contributed by atoms with Gasteiger partial charge in [-0.25, -0.2) is 0 Å². The topological polar surface area (TPSA) is 43.3 Å². The Balaban J connectivity index is 1.77. The number of ether oxygens (including phenoxy) is 1. The highest BCUT2D eigenvalue weighted by Crippen LogP contribution is 2.24. The lowest BCUT2D eigenvalue weighted by Gasteiger charge is -2.08. The molecule has 0 saturated carbocycles. The highest BCUT2D eigenvalue weighted by Gasteiger charge is 2.11. The molecule has 0 spiro atoms. The minimum atomic E-state index is 0.0674. The second-order valence-electron chi connectivity index (χ2n) is 6.57. The van der Waals surface area contributed by atoms with Gasteiger partial charge in [-0.3, -0.25) is 4.79 Å². The number of methoxy groups -OCH3 is 1. The van der Waals surface area contributed by atoms with E-state index in [2.05, 4.69) is 71.5 Å². The number of aryl methyl sites for hydroxylation is 2. The number of para-hydroxylation sites is 1. The lowest BCUT2D eigenvalue weighted by molar-refractivity contribution is -0.121. The number of rotatable bonds is 8. The fraction of sp³-hybridized carbons (Fsp3) is 0.318. The van der Waals surface area contributed by atoms with Gasteiger partial charge in [0, 0.05) is 43.7 Å². The van der Waals surface area contributed by atoms with Crippen molar-refractivity contribution in [2.45, 2.75) is 26.3 Å². The van der Waals surface area contributed by atoms with Crippen LogP contribution in [0.4, 0.5) is 0 Å². The molecule has 26 heavy (non-hydrogen) atoms. The first kappa shape index (κ1) is 18.2. The SMILES string of the molecule is COCCNC(=O)CCc1cn(Cc2ccccc2C)c2ccccc12. The molecule has 1 aromatic heterocycles. The van der Waals surface area contributed by atoms with Crippen LogP contribution in [0.1, 0.15) is 23.1 Å². The van der Waals surface area contributed by atoms with E-state index in [4.69, 9.17) is 4.74 Å². The zero-order chi connectivity index (χ0) is 18.4. The van der Waals surface area contributed by atoms with Gasteiger partial charge in [0.25, 0.3) is 0 Å². The Morgan fingerprint density at radius 2 is 1.85 bits per heavy atom. The van der Waals surface area contributed by atoms with Crippen LogP contribution in [0.5, 0.6) is 0 Å². The molecule has 0 radical (unpaired) electrons. The standard InChI is InChI=1S/C22H26N2O2/c1-17-7-3-4-8-18(17)15-24-16-19(20-9-5-6-10-21(20)24)11-12-22(25)23-13-14-26-2/h3-10,16H,11-15H2,1-2H3,(H,23,25). The average Bonchev–Trinajstić information content (AvgIpc) is 3.00. The van der Waals surface area contributed by atoms with Gasteiger partial charge in [0.15, 0.2) is 0 Å². The Hall–Kier alpha value is -2.59. The maximum absolute atomic E-state index is 12.0. The number of amides is 1. The lowest BCUT2D eigenvalue weighted by atomic mass is 10.1. The Morgan fingerprint density at radius 3 is 2.65 bits per heavy atom. The molecule has 2 aromatic carbocycles. The third-order valence-electron chi connectivity index (χ3n) is 4.72. The van der Waals surface area contributed by atoms with E-state index in [1.54, 1.807) is 7.11 Å². The largest absolute Gasteiger partial charge is 0.383 e. The Labute approximate surface area is 154 Å². The first-order chi connectivity index (χ1) is 12.7. The van der Waals surface area contributed by atoms with Crippen molar-refractivity contribution in [3.63, 3.8) is 0 Å². The molecule has 0 saturated heterocycles. The quantitative estimate of drug-likeness (QED) is 0.630. The number of nitrogens with one attached hydrogen (secondary N) is 1. The van der Waals surface area contributed by atoms with Gasteiger partial charge < -0.3 is 14.6 Å². The van der Waals surface area contributed by atoms with Crippen LogP contribution >= 0.6 is 0 Å². The first-order valence-corrected chi connectivity index (χ1v) is 9.06. The number of nitrogens with zero attached hydrogens (tertiary/aromatic N) is 1. The van der Waals surface area contributed by atoms with E-state index in [1.165, 1.54) is 27.6 Å². The minimum absolute atomic E-state index is 0.0674. The van der Waals surface area contributed by atoms with E-state index < -0.39 is 0 Å². The minimum Gasteiger partial charge on any atom is -0.383 e. The second kappa shape index (κ2) is 8.68. The normalized spacial score (nSPS) is 11.0. The van der Waals surface area contributed by atoms with E-state index in [-0.39, 0.29) is 5.91 Å². The Kier molecular flexibility index (Phi) is 6.08. The first-order valence-electron chi connectivity index (χ1n) is 9.06. The summed E-state index contributed by atoms with van der Waals surface area (Å²) in [6.07, 6.45) is 3.42. The second-order valence-corrected chi connectivity index (χ2v) is 6.57. The number of benzene rings is 2. The molecule has 0 fully saturated rings. The van der Waals surface area contributed by atoms with Gasteiger partial charge in [-0.05, 0) is 36.1 Å². The fourth-order valence-electron chi connectivity index (χ4n) is 3.25. The van der Waals surface area contributed by atoms with Crippen molar-refractivity contribution >= 4 is 16.8 Å². The van der Waals surface area contributed by atoms with Crippen molar-refractivity contribution in [2.75, 3.05) is 20.3 Å². The monoisotopic (exact) mass is 350 g/mol. The van der Waals surface area contributed by atoms with E-state index in [0.29, 0.717) is 19.6 Å². The van der Waals surface area contributed by atoms with E-state index >= 15 is 0 Å². The molecule has 3 aromatic rings. The fourth-order valence-corrected chi connectivity index (χ4v) is 3.25. The van der Waals surface area contributed by atoms with E-state index in [0.717, 1.165) is 13.0 Å². The van der Waals surface area contributed by atoms with Crippen LogP contribution in [0.15, 0.2) is 54.7 Å². The van der Waals surface area contributed by atoms with E-state index in [1.807, 2.05) is 0 Å². The van der Waals surface area contributed by atoms with Crippen molar-refractivity contribution in [1.29, 1.82) is 0 Å². The van der Waals surface area contributed by atoms with Crippen LogP contribution < -0.4 is 5.32 Å². The Bertz CT molecular complexity index is 883. The number of hydrogen-bond acceptors (Lipinski definition) is 2. The van der Waals surface area contributed by atoms with Crippen LogP contribution in [0.2, 0.25) is 0 Å². The number of carbonyl (C=O) groups excluding carboxylic acids is 1. The molecule has 3 rings (SSSR count). The number of fused-ring (bicyclic) bond motifs is 1. The third kappa shape index (κ3) is 4.33. The van der Waals surface area contributed by atoms with Crippen LogP contribution in [0.3, 0.4) is 0 Å². The molecule has 1 amide bonds. The molecular formula is C22H26N2O2. The lowest BCUT2D eigenvalue weighted by Crippen LogP contribution is -2.27. The molecule has 4 nitrogen and oxygen atoms in total. The summed E-state index contributed by atoms with van der Waals surface area (Å²) in [5.74, 6) is 0.0674. The summed E-state index contributed by atoms with van der Waals surface area (Å²) >= 11 is 0. The molecule has 1 heterocycles. The predicted molar refractivity (Wildman–Crippen MR) is 105 cm³/mol. The summed E-state index contributed by atoms with van der Waals surface area (Å²) in [5.41, 5.74) is 5.04. The van der Waals surface area contributed by atoms with Gasteiger partial charge in [-0.15, -0.1) is 0 Å². The predicted octanol–water partition coefficient (Wildman–Crippen LogP) is 3.69. The summed E-state index contributed by atoms with van der Waals surface area (Å²) < 4.78 is 7.25. The summed E-state index contributed by atoms with van der Waals surface area (Å²) in [7, 11) is 1.63. The maximum atomic E-state index is 12.0. The van der Waals surface area contributed by atoms with Gasteiger partial charge in [-0.2, -0.15) is 0 Å². The average molecular weight is 350 g/mol. The van der Waals surface area contributed by atoms with Gasteiger partial charge in [0.1, 0.15) is 0 Å². The van der Waals surface area contributed by atoms with Crippen molar-refractivity contribution in [3.8, 4) is 0 Å². The molecule has 0 atom stereocenters.